The van der Waals surface area contributed by atoms with Crippen LogP contribution in [0.4, 0.5) is 0 Å². The van der Waals surface area contributed by atoms with E-state index < -0.39 is 6.10 Å². The Kier molecular flexibility index (Phi) is 8.65. The fourth-order valence-corrected chi connectivity index (χ4v) is 2.66. The van der Waals surface area contributed by atoms with Crippen molar-refractivity contribution in [3.05, 3.63) is 65.2 Å². The Labute approximate surface area is 165 Å². The smallest absolute Gasteiger partial charge is 0.335 e. The molecular weight excluding hydrogens is 360 g/mol. The first-order valence-electron chi connectivity index (χ1n) is 9.30. The molecule has 2 aromatic rings. The summed E-state index contributed by atoms with van der Waals surface area (Å²) in [5, 5.41) is 9.16. The quantitative estimate of drug-likeness (QED) is 0.472. The minimum Gasteiger partial charge on any atom is -0.485 e. The van der Waals surface area contributed by atoms with Gasteiger partial charge in [-0.25, -0.2) is 4.79 Å². The fraction of sp³-hybridized carbons (Fsp3) is 0.364. The largest absolute Gasteiger partial charge is 0.485 e. The van der Waals surface area contributed by atoms with Crippen molar-refractivity contribution < 1.29 is 28.9 Å². The topological polar surface area (TPSA) is 82.1 Å². The van der Waals surface area contributed by atoms with Crippen LogP contribution in [0.1, 0.15) is 35.3 Å². The lowest BCUT2D eigenvalue weighted by molar-refractivity contribution is -0.156. The molecule has 28 heavy (non-hydrogen) atoms. The monoisotopic (exact) mass is 386 g/mol. The number of ketones is 1. The van der Waals surface area contributed by atoms with Gasteiger partial charge in [0, 0.05) is 18.6 Å². The molecule has 0 bridgehead atoms. The van der Waals surface area contributed by atoms with Crippen molar-refractivity contribution in [2.24, 2.45) is 0 Å². The van der Waals surface area contributed by atoms with E-state index in [9.17, 15) is 9.59 Å². The molecule has 0 heterocycles. The molecule has 1 N–H and O–H groups in total. The third-order valence-electron chi connectivity index (χ3n) is 4.06. The molecule has 0 aromatic heterocycles. The number of ether oxygens (including phenoxy) is 3. The maximum Gasteiger partial charge on any atom is 0.335 e. The van der Waals surface area contributed by atoms with Gasteiger partial charge in [0.25, 0.3) is 0 Å². The number of benzene rings is 2. The second-order valence-corrected chi connectivity index (χ2v) is 6.11. The van der Waals surface area contributed by atoms with Crippen molar-refractivity contribution in [1.29, 1.82) is 0 Å². The van der Waals surface area contributed by atoms with Crippen LogP contribution in [-0.4, -0.2) is 42.8 Å². The lowest BCUT2D eigenvalue weighted by Crippen LogP contribution is -2.28. The standard InChI is InChI=1S/C22H26O6/c1-3-26-21(22(25)27-4-2)13-16-8-10-19(11-9-16)28-15-20(24)18-7-5-6-17(12-18)14-23/h5-12,21,23H,3-4,13-15H2,1-2H3/t21-/m0/s1. The number of rotatable bonds is 11. The van der Waals surface area contributed by atoms with E-state index in [0.717, 1.165) is 5.56 Å². The van der Waals surface area contributed by atoms with Crippen molar-refractivity contribution in [2.45, 2.75) is 33.0 Å². The summed E-state index contributed by atoms with van der Waals surface area (Å²) < 4.78 is 16.1. The van der Waals surface area contributed by atoms with E-state index >= 15 is 0 Å². The van der Waals surface area contributed by atoms with Gasteiger partial charge in [-0.15, -0.1) is 0 Å². The van der Waals surface area contributed by atoms with Crippen LogP contribution in [0, 0.1) is 0 Å². The van der Waals surface area contributed by atoms with Crippen molar-refractivity contribution in [1.82, 2.24) is 0 Å². The van der Waals surface area contributed by atoms with Crippen LogP contribution in [0.15, 0.2) is 48.5 Å². The minimum atomic E-state index is -0.642. The minimum absolute atomic E-state index is 0.0986. The average Bonchev–Trinajstić information content (AvgIpc) is 2.72. The molecule has 0 fully saturated rings. The first kappa shape index (κ1) is 21.6. The number of Topliss-reactive ketones (excluding diaryl/α,β-unsaturated/α-hetero) is 1. The molecule has 0 aliphatic heterocycles. The maximum absolute atomic E-state index is 12.2. The Morgan fingerprint density at radius 1 is 1.00 bits per heavy atom. The molecule has 0 unspecified atom stereocenters. The summed E-state index contributed by atoms with van der Waals surface area (Å²) in [6.07, 6.45) is -0.239. The van der Waals surface area contributed by atoms with Gasteiger partial charge < -0.3 is 19.3 Å². The summed E-state index contributed by atoms with van der Waals surface area (Å²) in [5.74, 6) is 0.0120. The summed E-state index contributed by atoms with van der Waals surface area (Å²) in [7, 11) is 0. The van der Waals surface area contributed by atoms with Crippen LogP contribution in [0.2, 0.25) is 0 Å². The molecule has 6 heteroatoms. The second-order valence-electron chi connectivity index (χ2n) is 6.11. The van der Waals surface area contributed by atoms with Crippen LogP contribution in [0.25, 0.3) is 0 Å². The normalized spacial score (nSPS) is 11.7. The van der Waals surface area contributed by atoms with E-state index in [1.807, 2.05) is 19.1 Å². The highest BCUT2D eigenvalue weighted by Crippen LogP contribution is 2.16. The zero-order chi connectivity index (χ0) is 20.4. The Bertz CT molecular complexity index is 769. The van der Waals surface area contributed by atoms with Gasteiger partial charge >= 0.3 is 5.97 Å². The zero-order valence-corrected chi connectivity index (χ0v) is 16.2. The molecule has 0 aliphatic rings. The predicted molar refractivity (Wildman–Crippen MR) is 104 cm³/mol. The van der Waals surface area contributed by atoms with Crippen molar-refractivity contribution in [3.63, 3.8) is 0 Å². The molecule has 0 spiro atoms. The van der Waals surface area contributed by atoms with Gasteiger partial charge in [-0.3, -0.25) is 4.79 Å². The van der Waals surface area contributed by atoms with Crippen LogP contribution >= 0.6 is 0 Å². The highest BCUT2D eigenvalue weighted by Gasteiger charge is 2.20. The summed E-state index contributed by atoms with van der Waals surface area (Å²) >= 11 is 0. The number of aliphatic hydroxyl groups excluding tert-OH is 1. The van der Waals surface area contributed by atoms with Crippen LogP contribution in [0.3, 0.4) is 0 Å². The van der Waals surface area contributed by atoms with Crippen LogP contribution < -0.4 is 4.74 Å². The predicted octanol–water partition coefficient (Wildman–Crippen LogP) is 2.95. The summed E-state index contributed by atoms with van der Waals surface area (Å²) in [5.41, 5.74) is 2.08. The molecule has 0 radical (unpaired) electrons. The fourth-order valence-electron chi connectivity index (χ4n) is 2.66. The summed E-state index contributed by atoms with van der Waals surface area (Å²) in [6, 6.07) is 14.0. The maximum atomic E-state index is 12.2. The molecule has 0 amide bonds. The second kappa shape index (κ2) is 11.2. The first-order chi connectivity index (χ1) is 13.6. The van der Waals surface area contributed by atoms with Crippen LogP contribution in [-0.2, 0) is 27.3 Å². The highest BCUT2D eigenvalue weighted by atomic mass is 16.6. The highest BCUT2D eigenvalue weighted by molar-refractivity contribution is 5.97. The van der Waals surface area contributed by atoms with Gasteiger partial charge in [0.05, 0.1) is 13.2 Å². The first-order valence-corrected chi connectivity index (χ1v) is 9.30. The summed E-state index contributed by atoms with van der Waals surface area (Å²) in [6.45, 7) is 4.11. The van der Waals surface area contributed by atoms with Crippen molar-refractivity contribution in [2.75, 3.05) is 19.8 Å². The number of hydrogen-bond donors (Lipinski definition) is 1. The van der Waals surface area contributed by atoms with E-state index in [1.54, 1.807) is 43.3 Å². The van der Waals surface area contributed by atoms with E-state index in [2.05, 4.69) is 0 Å². The Morgan fingerprint density at radius 3 is 2.39 bits per heavy atom. The molecule has 0 saturated carbocycles. The van der Waals surface area contributed by atoms with Crippen molar-refractivity contribution in [3.8, 4) is 5.75 Å². The van der Waals surface area contributed by atoms with Gasteiger partial charge in [-0.2, -0.15) is 0 Å². The SMILES string of the molecule is CCOC(=O)[C@H](Cc1ccc(OCC(=O)c2cccc(CO)c2)cc1)OCC. The van der Waals surface area contributed by atoms with Gasteiger partial charge in [-0.05, 0) is 43.2 Å². The Morgan fingerprint density at radius 2 is 1.75 bits per heavy atom. The van der Waals surface area contributed by atoms with E-state index in [-0.39, 0.29) is 25.0 Å². The Balaban J connectivity index is 1.92. The zero-order valence-electron chi connectivity index (χ0n) is 16.2. The van der Waals surface area contributed by atoms with Gasteiger partial charge in [-0.1, -0.05) is 30.3 Å². The molecule has 2 rings (SSSR count). The third-order valence-corrected chi connectivity index (χ3v) is 4.06. The molecule has 2 aromatic carbocycles. The third kappa shape index (κ3) is 6.48. The van der Waals surface area contributed by atoms with E-state index in [1.165, 1.54) is 0 Å². The van der Waals surface area contributed by atoms with E-state index in [4.69, 9.17) is 19.3 Å². The lowest BCUT2D eigenvalue weighted by atomic mass is 10.1. The number of carbonyl (C=O) groups is 2. The molecule has 6 nitrogen and oxygen atoms in total. The molecule has 0 aliphatic carbocycles. The summed E-state index contributed by atoms with van der Waals surface area (Å²) in [4.78, 5) is 24.2. The van der Waals surface area contributed by atoms with Gasteiger partial charge in [0.2, 0.25) is 0 Å². The van der Waals surface area contributed by atoms with Crippen molar-refractivity contribution >= 4 is 11.8 Å². The van der Waals surface area contributed by atoms with Gasteiger partial charge in [0.15, 0.2) is 18.5 Å². The van der Waals surface area contributed by atoms with Crippen LogP contribution in [0.5, 0.6) is 5.75 Å². The van der Waals surface area contributed by atoms with Gasteiger partial charge in [0.1, 0.15) is 5.75 Å². The average molecular weight is 386 g/mol. The number of aliphatic hydroxyl groups is 1. The Hall–Kier alpha value is -2.70. The number of esters is 1. The molecular formula is C22H26O6. The van der Waals surface area contributed by atoms with E-state index in [0.29, 0.717) is 36.5 Å². The number of carbonyl (C=O) groups excluding carboxylic acids is 2. The molecule has 150 valence electrons. The molecule has 0 saturated heterocycles. The molecule has 1 atom stereocenters. The number of hydrogen-bond acceptors (Lipinski definition) is 6. The lowest BCUT2D eigenvalue weighted by Gasteiger charge is -2.15.